The van der Waals surface area contributed by atoms with Gasteiger partial charge in [0, 0.05) is 12.0 Å². The Morgan fingerprint density at radius 3 is 2.61 bits per heavy atom. The summed E-state index contributed by atoms with van der Waals surface area (Å²) >= 11 is 12.2. The van der Waals surface area contributed by atoms with Crippen molar-refractivity contribution >= 4 is 35.6 Å². The average Bonchev–Trinajstić information content (AvgIpc) is 2.85. The molecule has 3 unspecified atom stereocenters. The van der Waals surface area contributed by atoms with E-state index >= 15 is 0 Å². The van der Waals surface area contributed by atoms with Crippen LogP contribution in [0.15, 0.2) is 18.2 Å². The Morgan fingerprint density at radius 2 is 1.83 bits per heavy atom. The zero-order chi connectivity index (χ0) is 11.7. The van der Waals surface area contributed by atoms with Crippen LogP contribution in [0.1, 0.15) is 24.8 Å². The van der Waals surface area contributed by atoms with Crippen molar-refractivity contribution in [2.45, 2.75) is 24.7 Å². The number of hydrogen-bond acceptors (Lipinski definition) is 1. The molecule has 0 aromatic heterocycles. The Kier molecular flexibility index (Phi) is 2.92. The average molecular weight is 305 g/mol. The Hall–Kier alpha value is 0.0500. The van der Waals surface area contributed by atoms with Crippen molar-refractivity contribution in [1.82, 2.24) is 4.90 Å². The van der Waals surface area contributed by atoms with E-state index in [1.807, 2.05) is 6.07 Å². The molecule has 2 aliphatic heterocycles. The maximum Gasteiger partial charge on any atom is 0.0595 e. The van der Waals surface area contributed by atoms with Crippen molar-refractivity contribution in [3.63, 3.8) is 0 Å². The molecule has 1 aromatic rings. The van der Waals surface area contributed by atoms with Crippen LogP contribution < -0.4 is 0 Å². The highest BCUT2D eigenvalue weighted by molar-refractivity contribution is 6.42. The van der Waals surface area contributed by atoms with Crippen molar-refractivity contribution in [3.8, 4) is 0 Å². The number of nitrogens with zero attached hydrogens (tertiary/aromatic N) is 1. The van der Waals surface area contributed by atoms with Crippen molar-refractivity contribution in [2.24, 2.45) is 5.41 Å². The van der Waals surface area contributed by atoms with Crippen molar-refractivity contribution < 1.29 is 0 Å². The summed E-state index contributed by atoms with van der Waals surface area (Å²) in [5.41, 5.74) is 2.42. The lowest BCUT2D eigenvalue weighted by atomic mass is 9.81. The van der Waals surface area contributed by atoms with E-state index in [0.29, 0.717) is 20.9 Å². The van der Waals surface area contributed by atoms with Crippen LogP contribution in [-0.2, 0) is 5.41 Å². The molecule has 1 nitrogen and oxygen atoms in total. The van der Waals surface area contributed by atoms with E-state index in [1.165, 1.54) is 44.5 Å². The minimum Gasteiger partial charge on any atom is -0.303 e. The summed E-state index contributed by atoms with van der Waals surface area (Å²) in [6.45, 7) is 3.85. The highest BCUT2D eigenvalue weighted by Gasteiger charge is 2.71. The lowest BCUT2D eigenvalue weighted by Crippen LogP contribution is -2.33. The number of halogens is 3. The highest BCUT2D eigenvalue weighted by Crippen LogP contribution is 2.72. The topological polar surface area (TPSA) is 3.24 Å². The smallest absolute Gasteiger partial charge is 0.0595 e. The molecule has 3 fully saturated rings. The minimum absolute atomic E-state index is 0. The maximum atomic E-state index is 6.17. The summed E-state index contributed by atoms with van der Waals surface area (Å²) < 4.78 is 0. The molecule has 0 N–H and O–H groups in total. The lowest BCUT2D eigenvalue weighted by Gasteiger charge is -2.30. The molecule has 1 aromatic carbocycles. The second-order valence-corrected chi connectivity index (χ2v) is 6.76. The van der Waals surface area contributed by atoms with E-state index in [4.69, 9.17) is 23.2 Å². The van der Waals surface area contributed by atoms with E-state index in [0.717, 1.165) is 0 Å². The Morgan fingerprint density at radius 1 is 1.06 bits per heavy atom. The van der Waals surface area contributed by atoms with Gasteiger partial charge in [0.15, 0.2) is 0 Å². The molecule has 0 radical (unpaired) electrons. The number of hydrogen-bond donors (Lipinski definition) is 0. The largest absolute Gasteiger partial charge is 0.303 e. The van der Waals surface area contributed by atoms with Crippen LogP contribution in [0, 0.1) is 5.41 Å². The van der Waals surface area contributed by atoms with Gasteiger partial charge in [0.25, 0.3) is 0 Å². The van der Waals surface area contributed by atoms with Crippen LogP contribution in [0.2, 0.25) is 10.0 Å². The lowest BCUT2D eigenvalue weighted by molar-refractivity contribution is 0.244. The van der Waals surface area contributed by atoms with Gasteiger partial charge in [-0.2, -0.15) is 0 Å². The van der Waals surface area contributed by atoms with E-state index in [1.54, 1.807) is 0 Å². The van der Waals surface area contributed by atoms with Gasteiger partial charge in [-0.15, -0.1) is 12.4 Å². The fraction of sp³-hybridized carbons (Fsp3) is 0.571. The second kappa shape index (κ2) is 4.02. The van der Waals surface area contributed by atoms with Gasteiger partial charge in [0.05, 0.1) is 10.0 Å². The summed E-state index contributed by atoms with van der Waals surface area (Å²) in [4.78, 5) is 2.61. The first-order valence-electron chi connectivity index (χ1n) is 6.33. The third kappa shape index (κ3) is 1.51. The summed E-state index contributed by atoms with van der Waals surface area (Å²) in [6, 6.07) is 6.25. The van der Waals surface area contributed by atoms with Crippen LogP contribution in [0.25, 0.3) is 0 Å². The van der Waals surface area contributed by atoms with Crippen LogP contribution >= 0.6 is 35.6 Å². The van der Waals surface area contributed by atoms with Crippen molar-refractivity contribution in [3.05, 3.63) is 33.8 Å². The first-order chi connectivity index (χ1) is 8.15. The number of piperidine rings is 1. The molecule has 0 amide bonds. The fourth-order valence-corrected chi connectivity index (χ4v) is 4.56. The summed E-state index contributed by atoms with van der Waals surface area (Å²) in [5.74, 6) is 0. The molecule has 2 bridgehead atoms. The van der Waals surface area contributed by atoms with E-state index in [-0.39, 0.29) is 12.4 Å². The molecule has 1 saturated carbocycles. The molecule has 1 spiro atoms. The van der Waals surface area contributed by atoms with E-state index in [9.17, 15) is 0 Å². The Labute approximate surface area is 124 Å². The monoisotopic (exact) mass is 303 g/mol. The summed E-state index contributed by atoms with van der Waals surface area (Å²) in [7, 11) is 0. The molecule has 4 rings (SSSR count). The predicted octanol–water partition coefficient (Wildman–Crippen LogP) is 4.15. The van der Waals surface area contributed by atoms with Gasteiger partial charge in [-0.25, -0.2) is 0 Å². The molecule has 2 heterocycles. The van der Waals surface area contributed by atoms with Crippen LogP contribution in [0.5, 0.6) is 0 Å². The van der Waals surface area contributed by atoms with Gasteiger partial charge in [0.1, 0.15) is 0 Å². The standard InChI is InChI=1S/C14H15Cl2N.ClH/c15-11-2-1-10(7-12(11)16)14-4-6-17-5-3-13(14,8-14)9-17;/h1-2,7H,3-6,8-9H2;1H. The SMILES string of the molecule is Cl.Clc1ccc(C23CCN4CCC2(C4)C3)cc1Cl. The van der Waals surface area contributed by atoms with Gasteiger partial charge >= 0.3 is 0 Å². The minimum atomic E-state index is 0. The van der Waals surface area contributed by atoms with Gasteiger partial charge in [-0.3, -0.25) is 0 Å². The normalized spacial score (nSPS) is 40.0. The van der Waals surface area contributed by atoms with Crippen LogP contribution in [-0.4, -0.2) is 24.5 Å². The van der Waals surface area contributed by atoms with Crippen LogP contribution in [0.3, 0.4) is 0 Å². The molecular formula is C14H16Cl3N. The van der Waals surface area contributed by atoms with Gasteiger partial charge in [0.2, 0.25) is 0 Å². The summed E-state index contributed by atoms with van der Waals surface area (Å²) in [5, 5.41) is 1.38. The zero-order valence-electron chi connectivity index (χ0n) is 10.1. The third-order valence-corrected chi connectivity index (χ3v) is 6.03. The number of benzene rings is 1. The van der Waals surface area contributed by atoms with Gasteiger partial charge in [-0.1, -0.05) is 29.3 Å². The van der Waals surface area contributed by atoms with Crippen LogP contribution in [0.4, 0.5) is 0 Å². The highest BCUT2D eigenvalue weighted by atomic mass is 35.5. The Bertz CT molecular complexity index is 500. The second-order valence-electron chi connectivity index (χ2n) is 5.94. The third-order valence-electron chi connectivity index (χ3n) is 5.29. The molecule has 3 atom stereocenters. The molecule has 4 heteroatoms. The predicted molar refractivity (Wildman–Crippen MR) is 78.1 cm³/mol. The zero-order valence-corrected chi connectivity index (χ0v) is 12.4. The van der Waals surface area contributed by atoms with Gasteiger partial charge in [-0.05, 0) is 55.5 Å². The number of fused-ring (bicyclic) bond motifs is 1. The fourth-order valence-electron chi connectivity index (χ4n) is 4.27. The van der Waals surface area contributed by atoms with Gasteiger partial charge < -0.3 is 4.90 Å². The maximum absolute atomic E-state index is 6.17. The summed E-state index contributed by atoms with van der Waals surface area (Å²) in [6.07, 6.45) is 4.02. The molecule has 2 saturated heterocycles. The quantitative estimate of drug-likeness (QED) is 0.753. The molecule has 98 valence electrons. The molecule has 1 aliphatic carbocycles. The first kappa shape index (κ1) is 13.1. The molecule has 18 heavy (non-hydrogen) atoms. The molecular weight excluding hydrogens is 289 g/mol. The Balaban J connectivity index is 0.000001000. The van der Waals surface area contributed by atoms with Crippen molar-refractivity contribution in [2.75, 3.05) is 19.6 Å². The molecule has 3 aliphatic rings. The number of rotatable bonds is 1. The van der Waals surface area contributed by atoms with E-state index < -0.39 is 0 Å². The first-order valence-corrected chi connectivity index (χ1v) is 7.09. The van der Waals surface area contributed by atoms with E-state index in [2.05, 4.69) is 17.0 Å². The van der Waals surface area contributed by atoms with Crippen molar-refractivity contribution in [1.29, 1.82) is 0 Å².